The molecule has 1 aliphatic heterocycles. The van der Waals surface area contributed by atoms with Crippen molar-refractivity contribution in [3.63, 3.8) is 0 Å². The number of amides is 1. The van der Waals surface area contributed by atoms with Crippen molar-refractivity contribution in [2.45, 2.75) is 59.6 Å². The highest BCUT2D eigenvalue weighted by molar-refractivity contribution is 5.67. The minimum Gasteiger partial charge on any atom is -0.444 e. The highest BCUT2D eigenvalue weighted by atomic mass is 16.6. The maximum Gasteiger partial charge on any atom is 0.407 e. The lowest BCUT2D eigenvalue weighted by molar-refractivity contribution is -0.102. The summed E-state index contributed by atoms with van der Waals surface area (Å²) in [6.07, 6.45) is -0.366. The number of nitrogens with one attached hydrogen (secondary N) is 2. The molecule has 0 aliphatic carbocycles. The molecule has 1 aliphatic rings. The predicted octanol–water partition coefficient (Wildman–Crippen LogP) is 2.55. The van der Waals surface area contributed by atoms with Crippen LogP contribution in [0.25, 0.3) is 0 Å². The van der Waals surface area contributed by atoms with Crippen molar-refractivity contribution in [1.29, 1.82) is 0 Å². The van der Waals surface area contributed by atoms with Crippen molar-refractivity contribution in [3.05, 3.63) is 0 Å². The van der Waals surface area contributed by atoms with E-state index in [9.17, 15) is 4.79 Å². The summed E-state index contributed by atoms with van der Waals surface area (Å²) in [5.74, 6) is 0.386. The molecule has 0 bridgehead atoms. The van der Waals surface area contributed by atoms with Crippen molar-refractivity contribution in [1.82, 2.24) is 10.6 Å². The number of hydrogen-bond acceptors (Lipinski definition) is 4. The summed E-state index contributed by atoms with van der Waals surface area (Å²) in [7, 11) is 0. The van der Waals surface area contributed by atoms with Gasteiger partial charge in [-0.15, -0.1) is 0 Å². The van der Waals surface area contributed by atoms with Gasteiger partial charge < -0.3 is 20.1 Å². The molecule has 5 nitrogen and oxygen atoms in total. The molecular weight excluding hydrogens is 268 g/mol. The van der Waals surface area contributed by atoms with Gasteiger partial charge in [0, 0.05) is 24.0 Å². The molecule has 1 unspecified atom stereocenters. The minimum absolute atomic E-state index is 0.171. The molecule has 1 atom stereocenters. The van der Waals surface area contributed by atoms with Crippen LogP contribution >= 0.6 is 0 Å². The summed E-state index contributed by atoms with van der Waals surface area (Å²) in [5.41, 5.74) is -0.430. The summed E-state index contributed by atoms with van der Waals surface area (Å²) in [6.45, 7) is 17.3. The van der Waals surface area contributed by atoms with Gasteiger partial charge in [0.05, 0.1) is 13.2 Å². The zero-order valence-electron chi connectivity index (χ0n) is 14.6. The van der Waals surface area contributed by atoms with Crippen LogP contribution in [0.5, 0.6) is 0 Å². The van der Waals surface area contributed by atoms with Gasteiger partial charge in [0.2, 0.25) is 0 Å². The summed E-state index contributed by atoms with van der Waals surface area (Å²) >= 11 is 0. The Morgan fingerprint density at radius 1 is 1.29 bits per heavy atom. The zero-order chi connectivity index (χ0) is 16.3. The Bertz CT molecular complexity index is 359. The van der Waals surface area contributed by atoms with E-state index in [1.165, 1.54) is 0 Å². The van der Waals surface area contributed by atoms with Crippen LogP contribution in [0.2, 0.25) is 0 Å². The van der Waals surface area contributed by atoms with Crippen molar-refractivity contribution in [2.75, 3.05) is 26.3 Å². The fourth-order valence-corrected chi connectivity index (χ4v) is 2.01. The number of carbonyl (C=O) groups excluding carboxylic acids is 1. The Hall–Kier alpha value is -0.810. The fourth-order valence-electron chi connectivity index (χ4n) is 2.01. The monoisotopic (exact) mass is 300 g/mol. The van der Waals surface area contributed by atoms with E-state index in [-0.39, 0.29) is 17.0 Å². The summed E-state index contributed by atoms with van der Waals surface area (Å²) in [5, 5.41) is 6.48. The molecule has 0 saturated carbocycles. The summed E-state index contributed by atoms with van der Waals surface area (Å²) in [6, 6.07) is 0. The fraction of sp³-hybridized carbons (Fsp3) is 0.938. The van der Waals surface area contributed by atoms with Gasteiger partial charge in [0.15, 0.2) is 0 Å². The van der Waals surface area contributed by atoms with Gasteiger partial charge in [-0.25, -0.2) is 4.79 Å². The third kappa shape index (κ3) is 5.83. The standard InChI is InChI=1S/C16H32N2O3/c1-12(2)16(7,18-8-15(6)10-20-11-15)9-17-13(19)21-14(3,4)5/h12,18H,8-11H2,1-7H3,(H,17,19). The van der Waals surface area contributed by atoms with E-state index < -0.39 is 5.60 Å². The van der Waals surface area contributed by atoms with Gasteiger partial charge in [-0.1, -0.05) is 20.8 Å². The quantitative estimate of drug-likeness (QED) is 0.791. The summed E-state index contributed by atoms with van der Waals surface area (Å²) in [4.78, 5) is 11.8. The smallest absolute Gasteiger partial charge is 0.407 e. The number of alkyl carbamates (subject to hydrolysis) is 1. The molecule has 0 aromatic rings. The first-order chi connectivity index (χ1) is 9.46. The van der Waals surface area contributed by atoms with Gasteiger partial charge in [-0.2, -0.15) is 0 Å². The maximum absolute atomic E-state index is 11.8. The number of ether oxygens (including phenoxy) is 2. The Labute approximate surface area is 129 Å². The third-order valence-electron chi connectivity index (χ3n) is 4.09. The maximum atomic E-state index is 11.8. The van der Waals surface area contributed by atoms with Crippen LogP contribution in [0.15, 0.2) is 0 Å². The largest absolute Gasteiger partial charge is 0.444 e. The van der Waals surface area contributed by atoms with E-state index in [2.05, 4.69) is 38.3 Å². The summed E-state index contributed by atoms with van der Waals surface area (Å²) < 4.78 is 10.6. The second-order valence-electron chi connectivity index (χ2n) is 8.08. The van der Waals surface area contributed by atoms with E-state index in [1.54, 1.807) is 0 Å². The third-order valence-corrected chi connectivity index (χ3v) is 4.09. The van der Waals surface area contributed by atoms with Gasteiger partial charge in [0.1, 0.15) is 5.60 Å². The van der Waals surface area contributed by atoms with Crippen molar-refractivity contribution >= 4 is 6.09 Å². The van der Waals surface area contributed by atoms with E-state index in [4.69, 9.17) is 9.47 Å². The first-order valence-corrected chi connectivity index (χ1v) is 7.75. The first kappa shape index (κ1) is 18.2. The topological polar surface area (TPSA) is 59.6 Å². The van der Waals surface area contributed by atoms with Crippen LogP contribution in [0, 0.1) is 11.3 Å². The molecule has 21 heavy (non-hydrogen) atoms. The Kier molecular flexibility index (Phi) is 5.67. The van der Waals surface area contributed by atoms with Crippen molar-refractivity contribution in [3.8, 4) is 0 Å². The molecule has 1 rings (SSSR count). The van der Waals surface area contributed by atoms with Gasteiger partial charge in [0.25, 0.3) is 0 Å². The number of hydrogen-bond donors (Lipinski definition) is 2. The minimum atomic E-state index is -0.470. The molecule has 0 radical (unpaired) electrons. The second-order valence-corrected chi connectivity index (χ2v) is 8.08. The van der Waals surface area contributed by atoms with Crippen LogP contribution in [-0.4, -0.2) is 43.5 Å². The number of rotatable bonds is 6. The Morgan fingerprint density at radius 2 is 1.86 bits per heavy atom. The highest BCUT2D eigenvalue weighted by Crippen LogP contribution is 2.27. The zero-order valence-corrected chi connectivity index (χ0v) is 14.6. The normalized spacial score (nSPS) is 20.6. The van der Waals surface area contributed by atoms with Gasteiger partial charge in [-0.05, 0) is 33.6 Å². The molecule has 5 heteroatoms. The highest BCUT2D eigenvalue weighted by Gasteiger charge is 2.37. The SMILES string of the molecule is CC(C)C(C)(CNC(=O)OC(C)(C)C)NCC1(C)COC1. The molecule has 1 heterocycles. The van der Waals surface area contributed by atoms with Crippen molar-refractivity contribution in [2.24, 2.45) is 11.3 Å². The lowest BCUT2D eigenvalue weighted by Crippen LogP contribution is -2.59. The van der Waals surface area contributed by atoms with E-state index >= 15 is 0 Å². The molecule has 0 spiro atoms. The Morgan fingerprint density at radius 3 is 2.24 bits per heavy atom. The van der Waals surface area contributed by atoms with E-state index in [0.717, 1.165) is 19.8 Å². The lowest BCUT2D eigenvalue weighted by Gasteiger charge is -2.43. The molecular formula is C16H32N2O3. The molecule has 1 saturated heterocycles. The van der Waals surface area contributed by atoms with E-state index in [0.29, 0.717) is 12.5 Å². The van der Waals surface area contributed by atoms with Crippen LogP contribution in [0.4, 0.5) is 4.79 Å². The van der Waals surface area contributed by atoms with Crippen LogP contribution < -0.4 is 10.6 Å². The average molecular weight is 300 g/mol. The van der Waals surface area contributed by atoms with Crippen LogP contribution in [0.1, 0.15) is 48.5 Å². The van der Waals surface area contributed by atoms with Gasteiger partial charge >= 0.3 is 6.09 Å². The first-order valence-electron chi connectivity index (χ1n) is 7.75. The average Bonchev–Trinajstić information content (AvgIpc) is 2.29. The van der Waals surface area contributed by atoms with Crippen molar-refractivity contribution < 1.29 is 14.3 Å². The van der Waals surface area contributed by atoms with Gasteiger partial charge in [-0.3, -0.25) is 0 Å². The molecule has 2 N–H and O–H groups in total. The molecule has 0 aromatic carbocycles. The number of carbonyl (C=O) groups is 1. The molecule has 1 fully saturated rings. The predicted molar refractivity (Wildman–Crippen MR) is 84.4 cm³/mol. The Balaban J connectivity index is 2.49. The molecule has 1 amide bonds. The van der Waals surface area contributed by atoms with Crippen LogP contribution in [0.3, 0.4) is 0 Å². The lowest BCUT2D eigenvalue weighted by atomic mass is 9.84. The van der Waals surface area contributed by atoms with E-state index in [1.807, 2.05) is 20.8 Å². The molecule has 0 aromatic heterocycles. The van der Waals surface area contributed by atoms with Crippen LogP contribution in [-0.2, 0) is 9.47 Å². The second kappa shape index (κ2) is 6.53. The molecule has 124 valence electrons.